The second-order valence-electron chi connectivity index (χ2n) is 5.90. The number of rotatable bonds is 10. The van der Waals surface area contributed by atoms with Gasteiger partial charge >= 0.3 is 0 Å². The van der Waals surface area contributed by atoms with Crippen molar-refractivity contribution in [3.05, 3.63) is 0 Å². The van der Waals surface area contributed by atoms with Crippen LogP contribution in [0.1, 0.15) is 72.1 Å². The quantitative estimate of drug-likeness (QED) is 0.592. The lowest BCUT2D eigenvalue weighted by atomic mass is 9.92. The van der Waals surface area contributed by atoms with Gasteiger partial charge in [-0.1, -0.05) is 46.0 Å². The minimum Gasteiger partial charge on any atom is -0.378 e. The summed E-state index contributed by atoms with van der Waals surface area (Å²) in [6, 6.07) is 0.691. The lowest BCUT2D eigenvalue weighted by molar-refractivity contribution is 0.116. The summed E-state index contributed by atoms with van der Waals surface area (Å²) >= 11 is 0. The van der Waals surface area contributed by atoms with Gasteiger partial charge in [0, 0.05) is 12.0 Å². The molecule has 1 aliphatic rings. The molecule has 1 heterocycles. The number of ether oxygens (including phenoxy) is 1. The summed E-state index contributed by atoms with van der Waals surface area (Å²) in [5, 5.41) is 3.74. The predicted molar refractivity (Wildman–Crippen MR) is 79.0 cm³/mol. The molecule has 0 aliphatic carbocycles. The fourth-order valence-electron chi connectivity index (χ4n) is 2.93. The molecule has 0 amide bonds. The zero-order valence-electron chi connectivity index (χ0n) is 12.7. The van der Waals surface area contributed by atoms with Gasteiger partial charge in [-0.05, 0) is 32.7 Å². The summed E-state index contributed by atoms with van der Waals surface area (Å²) in [6.45, 7) is 8.86. The van der Waals surface area contributed by atoms with Gasteiger partial charge in [-0.15, -0.1) is 0 Å². The third-order valence-corrected chi connectivity index (χ3v) is 4.07. The maximum Gasteiger partial charge on any atom is 0.0551 e. The highest BCUT2D eigenvalue weighted by atomic mass is 16.5. The van der Waals surface area contributed by atoms with E-state index in [2.05, 4.69) is 26.1 Å². The molecule has 1 fully saturated rings. The molecule has 1 rings (SSSR count). The van der Waals surface area contributed by atoms with E-state index < -0.39 is 0 Å². The maximum atomic E-state index is 5.73. The Hall–Kier alpha value is -0.0800. The van der Waals surface area contributed by atoms with Gasteiger partial charge in [-0.25, -0.2) is 0 Å². The van der Waals surface area contributed by atoms with E-state index in [4.69, 9.17) is 4.74 Å². The number of nitrogens with one attached hydrogen (secondary N) is 1. The number of hydrogen-bond acceptors (Lipinski definition) is 2. The molecule has 2 nitrogen and oxygen atoms in total. The Morgan fingerprint density at radius 3 is 2.50 bits per heavy atom. The minimum absolute atomic E-state index is 0.473. The first-order chi connectivity index (χ1) is 8.77. The SMILES string of the molecule is CCCCCCCC(NCCC)C1COC(C)C1. The van der Waals surface area contributed by atoms with Crippen molar-refractivity contribution < 1.29 is 4.74 Å². The third kappa shape index (κ3) is 6.19. The first-order valence-corrected chi connectivity index (χ1v) is 8.12. The van der Waals surface area contributed by atoms with Gasteiger partial charge in [0.05, 0.1) is 12.7 Å². The molecule has 1 saturated heterocycles. The van der Waals surface area contributed by atoms with E-state index in [-0.39, 0.29) is 0 Å². The maximum absolute atomic E-state index is 5.73. The Labute approximate surface area is 114 Å². The van der Waals surface area contributed by atoms with Crippen LogP contribution in [0.2, 0.25) is 0 Å². The van der Waals surface area contributed by atoms with Crippen LogP contribution >= 0.6 is 0 Å². The molecule has 0 aromatic heterocycles. The molecular formula is C16H33NO. The zero-order valence-corrected chi connectivity index (χ0v) is 12.7. The van der Waals surface area contributed by atoms with Gasteiger partial charge in [-0.3, -0.25) is 0 Å². The first kappa shape index (κ1) is 16.0. The van der Waals surface area contributed by atoms with Crippen molar-refractivity contribution in [2.45, 2.75) is 84.3 Å². The van der Waals surface area contributed by atoms with Crippen LogP contribution in [-0.4, -0.2) is 25.3 Å². The van der Waals surface area contributed by atoms with Crippen molar-refractivity contribution in [3.63, 3.8) is 0 Å². The molecule has 0 spiro atoms. The number of unbranched alkanes of at least 4 members (excludes halogenated alkanes) is 4. The van der Waals surface area contributed by atoms with Crippen molar-refractivity contribution in [1.82, 2.24) is 5.32 Å². The predicted octanol–water partition coefficient (Wildman–Crippen LogP) is 4.14. The summed E-state index contributed by atoms with van der Waals surface area (Å²) < 4.78 is 5.73. The standard InChI is InChI=1S/C16H33NO/c1-4-6-7-8-9-10-16(17-11-5-2)15-12-14(3)18-13-15/h14-17H,4-13H2,1-3H3. The van der Waals surface area contributed by atoms with Crippen LogP contribution in [0.5, 0.6) is 0 Å². The average Bonchev–Trinajstić information content (AvgIpc) is 2.79. The van der Waals surface area contributed by atoms with Gasteiger partial charge in [0.1, 0.15) is 0 Å². The lowest BCUT2D eigenvalue weighted by Crippen LogP contribution is -2.37. The molecule has 0 radical (unpaired) electrons. The molecule has 3 unspecified atom stereocenters. The Kier molecular flexibility index (Phi) is 8.70. The fourth-order valence-corrected chi connectivity index (χ4v) is 2.93. The molecule has 0 saturated carbocycles. The molecule has 2 heteroatoms. The van der Waals surface area contributed by atoms with Crippen molar-refractivity contribution in [1.29, 1.82) is 0 Å². The largest absolute Gasteiger partial charge is 0.378 e. The highest BCUT2D eigenvalue weighted by Crippen LogP contribution is 2.25. The van der Waals surface area contributed by atoms with Crippen molar-refractivity contribution >= 4 is 0 Å². The van der Waals surface area contributed by atoms with Gasteiger partial charge in [-0.2, -0.15) is 0 Å². The first-order valence-electron chi connectivity index (χ1n) is 8.12. The molecule has 0 bridgehead atoms. The van der Waals surface area contributed by atoms with E-state index in [1.54, 1.807) is 0 Å². The molecule has 108 valence electrons. The second-order valence-corrected chi connectivity index (χ2v) is 5.90. The molecule has 1 aliphatic heterocycles. The molecule has 18 heavy (non-hydrogen) atoms. The molecule has 3 atom stereocenters. The van der Waals surface area contributed by atoms with Crippen LogP contribution in [0.4, 0.5) is 0 Å². The molecule has 1 N–H and O–H groups in total. The summed E-state index contributed by atoms with van der Waals surface area (Å²) in [4.78, 5) is 0. The fraction of sp³-hybridized carbons (Fsp3) is 1.00. The van der Waals surface area contributed by atoms with Gasteiger partial charge in [0.2, 0.25) is 0 Å². The average molecular weight is 255 g/mol. The highest BCUT2D eigenvalue weighted by molar-refractivity contribution is 4.82. The second kappa shape index (κ2) is 9.80. The molecule has 0 aromatic carbocycles. The van der Waals surface area contributed by atoms with Crippen LogP contribution < -0.4 is 5.32 Å². The number of hydrogen-bond donors (Lipinski definition) is 1. The Bertz CT molecular complexity index is 196. The molecular weight excluding hydrogens is 222 g/mol. The van der Waals surface area contributed by atoms with Crippen molar-refractivity contribution in [2.75, 3.05) is 13.2 Å². The van der Waals surface area contributed by atoms with E-state index in [9.17, 15) is 0 Å². The van der Waals surface area contributed by atoms with E-state index in [0.29, 0.717) is 12.1 Å². The van der Waals surface area contributed by atoms with Crippen LogP contribution in [0, 0.1) is 5.92 Å². The van der Waals surface area contributed by atoms with E-state index >= 15 is 0 Å². The Morgan fingerprint density at radius 1 is 1.11 bits per heavy atom. The van der Waals surface area contributed by atoms with E-state index in [1.165, 1.54) is 51.4 Å². The van der Waals surface area contributed by atoms with E-state index in [0.717, 1.165) is 19.1 Å². The monoisotopic (exact) mass is 255 g/mol. The smallest absolute Gasteiger partial charge is 0.0551 e. The van der Waals surface area contributed by atoms with Gasteiger partial charge in [0.15, 0.2) is 0 Å². The Morgan fingerprint density at radius 2 is 1.89 bits per heavy atom. The van der Waals surface area contributed by atoms with E-state index in [1.807, 2.05) is 0 Å². The molecule has 0 aromatic rings. The lowest BCUT2D eigenvalue weighted by Gasteiger charge is -2.24. The Balaban J connectivity index is 2.22. The zero-order chi connectivity index (χ0) is 13.2. The summed E-state index contributed by atoms with van der Waals surface area (Å²) in [7, 11) is 0. The van der Waals surface area contributed by atoms with Crippen molar-refractivity contribution in [3.8, 4) is 0 Å². The minimum atomic E-state index is 0.473. The summed E-state index contributed by atoms with van der Waals surface area (Å²) in [5.41, 5.74) is 0. The van der Waals surface area contributed by atoms with Crippen molar-refractivity contribution in [2.24, 2.45) is 5.92 Å². The third-order valence-electron chi connectivity index (χ3n) is 4.07. The van der Waals surface area contributed by atoms with Gasteiger partial charge in [0.25, 0.3) is 0 Å². The highest BCUT2D eigenvalue weighted by Gasteiger charge is 2.28. The van der Waals surface area contributed by atoms with Crippen LogP contribution in [-0.2, 0) is 4.74 Å². The normalized spacial score (nSPS) is 25.5. The van der Waals surface area contributed by atoms with Crippen LogP contribution in [0.25, 0.3) is 0 Å². The summed E-state index contributed by atoms with van der Waals surface area (Å²) in [6.07, 6.45) is 11.2. The summed E-state index contributed by atoms with van der Waals surface area (Å²) in [5.74, 6) is 0.748. The topological polar surface area (TPSA) is 21.3 Å². The van der Waals surface area contributed by atoms with Gasteiger partial charge < -0.3 is 10.1 Å². The van der Waals surface area contributed by atoms with Crippen LogP contribution in [0.3, 0.4) is 0 Å². The van der Waals surface area contributed by atoms with Crippen LogP contribution in [0.15, 0.2) is 0 Å².